The average Bonchev–Trinajstić information content (AvgIpc) is 2.94. The first-order chi connectivity index (χ1) is 11.1. The first kappa shape index (κ1) is 18.2. The highest BCUT2D eigenvalue weighted by Crippen LogP contribution is 2.30. The zero-order valence-corrected chi connectivity index (χ0v) is 13.8. The zero-order valence-electron chi connectivity index (χ0n) is 12.1. The summed E-state index contributed by atoms with van der Waals surface area (Å²) in [4.78, 5) is 15.0. The number of nitrogens with one attached hydrogen (secondary N) is 1. The van der Waals surface area contributed by atoms with Crippen LogP contribution in [0.15, 0.2) is 35.4 Å². The molecule has 0 aliphatic heterocycles. The van der Waals surface area contributed by atoms with Gasteiger partial charge in [0, 0.05) is 0 Å². The molecule has 1 N–H and O–H groups in total. The molecule has 0 amide bonds. The second kappa shape index (κ2) is 6.77. The van der Waals surface area contributed by atoms with Crippen molar-refractivity contribution in [2.45, 2.75) is 18.0 Å². The minimum absolute atomic E-state index is 0.0990. The van der Waals surface area contributed by atoms with Crippen LogP contribution in [0.5, 0.6) is 0 Å². The van der Waals surface area contributed by atoms with E-state index in [2.05, 4.69) is 9.71 Å². The van der Waals surface area contributed by atoms with Gasteiger partial charge in [-0.1, -0.05) is 11.3 Å². The number of esters is 1. The molecule has 6 nitrogen and oxygen atoms in total. The summed E-state index contributed by atoms with van der Waals surface area (Å²) < 4.78 is 68.6. The smallest absolute Gasteiger partial charge is 0.416 e. The zero-order chi connectivity index (χ0) is 18.0. The highest BCUT2D eigenvalue weighted by atomic mass is 32.2. The second-order valence-electron chi connectivity index (χ2n) is 4.38. The molecule has 0 saturated heterocycles. The number of rotatable bonds is 5. The van der Waals surface area contributed by atoms with E-state index in [0.717, 1.165) is 29.7 Å². The maximum absolute atomic E-state index is 12.5. The Hall–Kier alpha value is -2.14. The third kappa shape index (κ3) is 4.23. The van der Waals surface area contributed by atoms with Crippen LogP contribution in [-0.4, -0.2) is 26.0 Å². The van der Waals surface area contributed by atoms with Gasteiger partial charge in [0.25, 0.3) is 10.0 Å². The minimum Gasteiger partial charge on any atom is -0.462 e. The van der Waals surface area contributed by atoms with E-state index in [-0.39, 0.29) is 21.5 Å². The van der Waals surface area contributed by atoms with Gasteiger partial charge < -0.3 is 4.74 Å². The fraction of sp³-hybridized carbons (Fsp3) is 0.231. The number of hydrogen-bond donors (Lipinski definition) is 1. The Morgan fingerprint density at radius 3 is 2.46 bits per heavy atom. The summed E-state index contributed by atoms with van der Waals surface area (Å²) in [6, 6.07) is 3.01. The molecule has 1 heterocycles. The lowest BCUT2D eigenvalue weighted by molar-refractivity contribution is -0.137. The number of alkyl halides is 3. The minimum atomic E-state index is -4.56. The monoisotopic (exact) mass is 380 g/mol. The lowest BCUT2D eigenvalue weighted by Gasteiger charge is -2.08. The van der Waals surface area contributed by atoms with E-state index in [1.807, 2.05) is 0 Å². The summed E-state index contributed by atoms with van der Waals surface area (Å²) in [5, 5.41) is -0.0991. The molecule has 0 radical (unpaired) electrons. The number of aromatic nitrogens is 1. The molecule has 24 heavy (non-hydrogen) atoms. The number of anilines is 1. The van der Waals surface area contributed by atoms with E-state index in [1.165, 1.54) is 0 Å². The summed E-state index contributed by atoms with van der Waals surface area (Å²) in [5.74, 6) is -0.644. The van der Waals surface area contributed by atoms with Gasteiger partial charge in [0.1, 0.15) is 4.88 Å². The highest BCUT2D eigenvalue weighted by molar-refractivity contribution is 7.93. The quantitative estimate of drug-likeness (QED) is 0.806. The number of hydrogen-bond acceptors (Lipinski definition) is 6. The third-order valence-electron chi connectivity index (χ3n) is 2.70. The Morgan fingerprint density at radius 1 is 1.29 bits per heavy atom. The predicted octanol–water partition coefficient (Wildman–Crippen LogP) is 3.14. The maximum Gasteiger partial charge on any atom is 0.416 e. The third-order valence-corrected chi connectivity index (χ3v) is 5.07. The van der Waals surface area contributed by atoms with Crippen molar-refractivity contribution < 1.29 is 31.1 Å². The molecule has 0 saturated carbocycles. The molecule has 0 aliphatic rings. The van der Waals surface area contributed by atoms with Crippen molar-refractivity contribution in [3.05, 3.63) is 40.9 Å². The number of halogens is 3. The number of ether oxygens (including phenoxy) is 1. The van der Waals surface area contributed by atoms with Gasteiger partial charge in [-0.15, -0.1) is 0 Å². The van der Waals surface area contributed by atoms with E-state index in [9.17, 15) is 26.4 Å². The van der Waals surface area contributed by atoms with Crippen LogP contribution in [0.25, 0.3) is 0 Å². The van der Waals surface area contributed by atoms with E-state index in [4.69, 9.17) is 4.74 Å². The van der Waals surface area contributed by atoms with Crippen LogP contribution in [0.4, 0.5) is 18.3 Å². The van der Waals surface area contributed by atoms with Crippen LogP contribution in [0.3, 0.4) is 0 Å². The van der Waals surface area contributed by atoms with Crippen molar-refractivity contribution >= 4 is 32.5 Å². The van der Waals surface area contributed by atoms with Crippen molar-refractivity contribution in [2.24, 2.45) is 0 Å². The predicted molar refractivity (Wildman–Crippen MR) is 80.3 cm³/mol. The molecule has 130 valence electrons. The molecule has 0 bridgehead atoms. The normalized spacial score (nSPS) is 12.0. The van der Waals surface area contributed by atoms with Crippen molar-refractivity contribution in [2.75, 3.05) is 11.3 Å². The molecule has 2 rings (SSSR count). The standard InChI is InChI=1S/C13H11F3N2O4S2/c1-2-22-11(19)10-7-17-12(23-10)18-24(20,21)9-5-3-8(4-6-9)13(14,15)16/h3-7H,2H2,1H3,(H,17,18). The fourth-order valence-corrected chi connectivity index (χ4v) is 3.57. The molecule has 0 aliphatic carbocycles. The Labute approximate surface area is 139 Å². The van der Waals surface area contributed by atoms with Gasteiger partial charge in [0.2, 0.25) is 0 Å². The SMILES string of the molecule is CCOC(=O)c1cnc(NS(=O)(=O)c2ccc(C(F)(F)F)cc2)s1. The van der Waals surface area contributed by atoms with Crippen molar-refractivity contribution in [1.29, 1.82) is 0 Å². The topological polar surface area (TPSA) is 85.4 Å². The van der Waals surface area contributed by atoms with Gasteiger partial charge in [-0.05, 0) is 31.2 Å². The Balaban J connectivity index is 2.18. The summed E-state index contributed by atoms with van der Waals surface area (Å²) in [6.45, 7) is 1.77. The average molecular weight is 380 g/mol. The highest BCUT2D eigenvalue weighted by Gasteiger charge is 2.30. The lowest BCUT2D eigenvalue weighted by atomic mass is 10.2. The largest absolute Gasteiger partial charge is 0.462 e. The summed E-state index contributed by atoms with van der Waals surface area (Å²) in [6.07, 6.45) is -3.41. The Bertz CT molecular complexity index is 830. The number of benzene rings is 1. The van der Waals surface area contributed by atoms with Crippen molar-refractivity contribution in [1.82, 2.24) is 4.98 Å². The van der Waals surface area contributed by atoms with E-state index in [0.29, 0.717) is 12.1 Å². The number of nitrogens with zero attached hydrogens (tertiary/aromatic N) is 1. The van der Waals surface area contributed by atoms with Crippen LogP contribution in [0.2, 0.25) is 0 Å². The van der Waals surface area contributed by atoms with Crippen LogP contribution in [-0.2, 0) is 20.9 Å². The molecule has 1 aromatic carbocycles. The van der Waals surface area contributed by atoms with Crippen LogP contribution in [0.1, 0.15) is 22.2 Å². The molecule has 1 aromatic heterocycles. The van der Waals surface area contributed by atoms with Gasteiger partial charge >= 0.3 is 12.1 Å². The van der Waals surface area contributed by atoms with Crippen molar-refractivity contribution in [3.63, 3.8) is 0 Å². The number of thiazole rings is 1. The Kier molecular flexibility index (Phi) is 5.13. The molecule has 0 unspecified atom stereocenters. The molecule has 2 aromatic rings. The number of sulfonamides is 1. The van der Waals surface area contributed by atoms with Crippen LogP contribution >= 0.6 is 11.3 Å². The second-order valence-corrected chi connectivity index (χ2v) is 7.09. The molecule has 0 atom stereocenters. The van der Waals surface area contributed by atoms with Gasteiger partial charge in [-0.2, -0.15) is 13.2 Å². The van der Waals surface area contributed by atoms with E-state index >= 15 is 0 Å². The molecule has 0 fully saturated rings. The van der Waals surface area contributed by atoms with Crippen molar-refractivity contribution in [3.8, 4) is 0 Å². The number of carbonyl (C=O) groups is 1. The Morgan fingerprint density at radius 2 is 1.92 bits per heavy atom. The maximum atomic E-state index is 12.5. The van der Waals surface area contributed by atoms with Crippen LogP contribution in [0, 0.1) is 0 Å². The molecular weight excluding hydrogens is 369 g/mol. The van der Waals surface area contributed by atoms with Gasteiger partial charge in [-0.25, -0.2) is 18.2 Å². The summed E-state index contributed by atoms with van der Waals surface area (Å²) >= 11 is 0.754. The van der Waals surface area contributed by atoms with Crippen LogP contribution < -0.4 is 4.72 Å². The lowest BCUT2D eigenvalue weighted by Crippen LogP contribution is -2.13. The number of carbonyl (C=O) groups excluding carboxylic acids is 1. The summed E-state index contributed by atoms with van der Waals surface area (Å²) in [5.41, 5.74) is -0.958. The molecule has 0 spiro atoms. The van der Waals surface area contributed by atoms with E-state index in [1.54, 1.807) is 6.92 Å². The molecule has 11 heteroatoms. The first-order valence-electron chi connectivity index (χ1n) is 6.46. The summed E-state index contributed by atoms with van der Waals surface area (Å²) in [7, 11) is -4.12. The molecular formula is C13H11F3N2O4S2. The first-order valence-corrected chi connectivity index (χ1v) is 8.76. The van der Waals surface area contributed by atoms with E-state index < -0.39 is 27.7 Å². The van der Waals surface area contributed by atoms with Gasteiger partial charge in [0.05, 0.1) is 23.3 Å². The van der Waals surface area contributed by atoms with Gasteiger partial charge in [-0.3, -0.25) is 4.72 Å². The van der Waals surface area contributed by atoms with Gasteiger partial charge in [0.15, 0.2) is 5.13 Å². The fourth-order valence-electron chi connectivity index (χ4n) is 1.61.